The number of sulfonamides is 1. The highest BCUT2D eigenvalue weighted by atomic mass is 32.2. The molecule has 0 aromatic heterocycles. The van der Waals surface area contributed by atoms with E-state index in [9.17, 15) is 13.2 Å². The van der Waals surface area contributed by atoms with Gasteiger partial charge in [0.2, 0.25) is 15.9 Å². The van der Waals surface area contributed by atoms with Crippen molar-refractivity contribution in [3.8, 4) is 11.5 Å². The van der Waals surface area contributed by atoms with E-state index in [1.54, 1.807) is 24.3 Å². The van der Waals surface area contributed by atoms with E-state index >= 15 is 0 Å². The molecule has 1 N–H and O–H groups in total. The third-order valence-corrected chi connectivity index (χ3v) is 5.82. The van der Waals surface area contributed by atoms with E-state index < -0.39 is 10.0 Å². The number of hydrogen-bond donors (Lipinski definition) is 1. The van der Waals surface area contributed by atoms with E-state index in [1.165, 1.54) is 4.31 Å². The minimum Gasteiger partial charge on any atom is -0.494 e. The third-order valence-electron chi connectivity index (χ3n) is 4.63. The molecular weight excluding hydrogens is 416 g/mol. The molecule has 0 aliphatic heterocycles. The fourth-order valence-electron chi connectivity index (χ4n) is 3.05. The summed E-state index contributed by atoms with van der Waals surface area (Å²) in [7, 11) is -3.46. The normalized spacial score (nSPS) is 11.1. The van der Waals surface area contributed by atoms with Crippen LogP contribution in [0.4, 0.5) is 5.69 Å². The number of carbonyl (C=O) groups is 1. The molecule has 8 heteroatoms. The van der Waals surface area contributed by atoms with Gasteiger partial charge in [-0.05, 0) is 68.7 Å². The van der Waals surface area contributed by atoms with Crippen LogP contribution >= 0.6 is 0 Å². The number of carbonyl (C=O) groups excluding carboxylic acids is 1. The molecule has 0 atom stereocenters. The van der Waals surface area contributed by atoms with Crippen LogP contribution in [0.2, 0.25) is 0 Å². The first-order chi connectivity index (χ1) is 14.7. The Morgan fingerprint density at radius 3 is 2.42 bits per heavy atom. The molecular formula is C23H32N2O5S. The Balaban J connectivity index is 1.78. The van der Waals surface area contributed by atoms with Crippen LogP contribution in [-0.4, -0.2) is 46.9 Å². The number of hydrogen-bond acceptors (Lipinski definition) is 5. The first-order valence-electron chi connectivity index (χ1n) is 10.4. The number of aryl methyl sites for hydroxylation is 2. The second-order valence-electron chi connectivity index (χ2n) is 7.33. The molecule has 170 valence electrons. The molecule has 0 spiro atoms. The number of anilines is 1. The summed E-state index contributed by atoms with van der Waals surface area (Å²) >= 11 is 0. The molecule has 0 bridgehead atoms. The van der Waals surface area contributed by atoms with Gasteiger partial charge in [0.25, 0.3) is 0 Å². The third kappa shape index (κ3) is 8.13. The van der Waals surface area contributed by atoms with Crippen molar-refractivity contribution < 1.29 is 22.7 Å². The summed E-state index contributed by atoms with van der Waals surface area (Å²) in [6, 6.07) is 12.9. The van der Waals surface area contributed by atoms with E-state index in [1.807, 2.05) is 39.0 Å². The van der Waals surface area contributed by atoms with Crippen LogP contribution in [0.15, 0.2) is 42.5 Å². The van der Waals surface area contributed by atoms with Gasteiger partial charge in [0.15, 0.2) is 0 Å². The van der Waals surface area contributed by atoms with Crippen LogP contribution in [0.3, 0.4) is 0 Å². The first-order valence-corrected chi connectivity index (χ1v) is 12.2. The van der Waals surface area contributed by atoms with Gasteiger partial charge in [-0.2, -0.15) is 0 Å². The van der Waals surface area contributed by atoms with Crippen molar-refractivity contribution in [3.63, 3.8) is 0 Å². The average molecular weight is 449 g/mol. The van der Waals surface area contributed by atoms with Gasteiger partial charge >= 0.3 is 0 Å². The highest BCUT2D eigenvalue weighted by Crippen LogP contribution is 2.22. The van der Waals surface area contributed by atoms with Crippen molar-refractivity contribution in [2.45, 2.75) is 33.6 Å². The Kier molecular flexibility index (Phi) is 9.18. The summed E-state index contributed by atoms with van der Waals surface area (Å²) in [6.45, 7) is 7.39. The first kappa shape index (κ1) is 24.5. The van der Waals surface area contributed by atoms with Crippen molar-refractivity contribution in [1.29, 1.82) is 0 Å². The molecule has 2 rings (SSSR count). The molecule has 0 unspecified atom stereocenters. The number of ether oxygens (including phenoxy) is 2. The van der Waals surface area contributed by atoms with Gasteiger partial charge in [0, 0.05) is 13.0 Å². The van der Waals surface area contributed by atoms with E-state index in [2.05, 4.69) is 5.32 Å². The molecule has 0 aliphatic rings. The Morgan fingerprint density at radius 2 is 1.77 bits per heavy atom. The van der Waals surface area contributed by atoms with E-state index in [-0.39, 0.29) is 18.9 Å². The van der Waals surface area contributed by atoms with Crippen LogP contribution in [0.25, 0.3) is 0 Å². The number of benzene rings is 2. The van der Waals surface area contributed by atoms with Gasteiger partial charge in [-0.3, -0.25) is 9.10 Å². The molecule has 1 amide bonds. The van der Waals surface area contributed by atoms with Crippen molar-refractivity contribution in [2.75, 3.05) is 36.9 Å². The summed E-state index contributed by atoms with van der Waals surface area (Å²) in [6.07, 6.45) is 1.80. The van der Waals surface area contributed by atoms with Gasteiger partial charge in [-0.15, -0.1) is 0 Å². The fourth-order valence-corrected chi connectivity index (χ4v) is 4.01. The SMILES string of the molecule is CCOc1ccc(N(CCCC(=O)NCCOc2cc(C)ccc2C)S(C)(=O)=O)cc1. The predicted molar refractivity (Wildman–Crippen MR) is 123 cm³/mol. The summed E-state index contributed by atoms with van der Waals surface area (Å²) in [5, 5.41) is 2.81. The standard InChI is InChI=1S/C23H32N2O5S/c1-5-29-21-12-10-20(11-13-21)25(31(4,27)28)15-6-7-23(26)24-14-16-30-22-17-18(2)8-9-19(22)3/h8-13,17H,5-7,14-16H2,1-4H3,(H,24,26). The lowest BCUT2D eigenvalue weighted by Gasteiger charge is -2.22. The highest BCUT2D eigenvalue weighted by molar-refractivity contribution is 7.92. The van der Waals surface area contributed by atoms with Crippen molar-refractivity contribution in [2.24, 2.45) is 0 Å². The molecule has 0 fully saturated rings. The van der Waals surface area contributed by atoms with Crippen molar-refractivity contribution >= 4 is 21.6 Å². The Morgan fingerprint density at radius 1 is 1.06 bits per heavy atom. The molecule has 7 nitrogen and oxygen atoms in total. The second kappa shape index (κ2) is 11.6. The zero-order valence-electron chi connectivity index (χ0n) is 18.7. The van der Waals surface area contributed by atoms with Crippen LogP contribution in [0, 0.1) is 13.8 Å². The van der Waals surface area contributed by atoms with E-state index in [4.69, 9.17) is 9.47 Å². The summed E-state index contributed by atoms with van der Waals surface area (Å²) in [5.41, 5.74) is 2.72. The quantitative estimate of drug-likeness (QED) is 0.503. The average Bonchev–Trinajstić information content (AvgIpc) is 2.71. The van der Waals surface area contributed by atoms with Crippen molar-refractivity contribution in [3.05, 3.63) is 53.6 Å². The smallest absolute Gasteiger partial charge is 0.232 e. The minimum absolute atomic E-state index is 0.135. The van der Waals surface area contributed by atoms with Gasteiger partial charge in [0.1, 0.15) is 18.1 Å². The van der Waals surface area contributed by atoms with Gasteiger partial charge in [-0.1, -0.05) is 12.1 Å². The lowest BCUT2D eigenvalue weighted by molar-refractivity contribution is -0.121. The van der Waals surface area contributed by atoms with Crippen LogP contribution in [0.1, 0.15) is 30.9 Å². The number of amides is 1. The highest BCUT2D eigenvalue weighted by Gasteiger charge is 2.17. The Bertz CT molecular complexity index is 958. The van der Waals surface area contributed by atoms with Crippen LogP contribution in [-0.2, 0) is 14.8 Å². The molecule has 0 heterocycles. The number of nitrogens with zero attached hydrogens (tertiary/aromatic N) is 1. The fraction of sp³-hybridized carbons (Fsp3) is 0.435. The monoisotopic (exact) mass is 448 g/mol. The van der Waals surface area contributed by atoms with Gasteiger partial charge < -0.3 is 14.8 Å². The second-order valence-corrected chi connectivity index (χ2v) is 9.24. The predicted octanol–water partition coefficient (Wildman–Crippen LogP) is 3.44. The summed E-state index contributed by atoms with van der Waals surface area (Å²) in [4.78, 5) is 12.1. The molecule has 2 aromatic carbocycles. The lowest BCUT2D eigenvalue weighted by Crippen LogP contribution is -2.32. The maximum atomic E-state index is 12.2. The Labute approximate surface area is 185 Å². The molecule has 0 aliphatic carbocycles. The van der Waals surface area contributed by atoms with Gasteiger partial charge in [0.05, 0.1) is 25.1 Å². The topological polar surface area (TPSA) is 84.9 Å². The minimum atomic E-state index is -3.46. The van der Waals surface area contributed by atoms with Crippen LogP contribution in [0.5, 0.6) is 11.5 Å². The van der Waals surface area contributed by atoms with E-state index in [0.717, 1.165) is 23.1 Å². The van der Waals surface area contributed by atoms with Gasteiger partial charge in [-0.25, -0.2) is 8.42 Å². The molecule has 0 radical (unpaired) electrons. The number of nitrogens with one attached hydrogen (secondary N) is 1. The summed E-state index contributed by atoms with van der Waals surface area (Å²) in [5.74, 6) is 1.36. The molecule has 0 saturated heterocycles. The van der Waals surface area contributed by atoms with E-state index in [0.29, 0.717) is 37.6 Å². The maximum Gasteiger partial charge on any atom is 0.232 e. The molecule has 31 heavy (non-hydrogen) atoms. The molecule has 0 saturated carbocycles. The van der Waals surface area contributed by atoms with Crippen LogP contribution < -0.4 is 19.1 Å². The number of rotatable bonds is 12. The molecule has 2 aromatic rings. The zero-order valence-corrected chi connectivity index (χ0v) is 19.5. The van der Waals surface area contributed by atoms with Crippen molar-refractivity contribution in [1.82, 2.24) is 5.32 Å². The zero-order chi connectivity index (χ0) is 22.9. The largest absolute Gasteiger partial charge is 0.494 e. The maximum absolute atomic E-state index is 12.2. The lowest BCUT2D eigenvalue weighted by atomic mass is 10.1. The summed E-state index contributed by atoms with van der Waals surface area (Å²) < 4.78 is 36.8. The Hall–Kier alpha value is -2.74.